The highest BCUT2D eigenvalue weighted by Crippen LogP contribution is 2.46. The first-order valence-corrected chi connectivity index (χ1v) is 11.9. The second-order valence-corrected chi connectivity index (χ2v) is 9.69. The van der Waals surface area contributed by atoms with Crippen molar-refractivity contribution in [2.24, 2.45) is 5.41 Å². The molecule has 0 radical (unpaired) electrons. The minimum Gasteiger partial charge on any atom is -0.485 e. The summed E-state index contributed by atoms with van der Waals surface area (Å²) in [5.74, 6) is -2.43. The van der Waals surface area contributed by atoms with Crippen molar-refractivity contribution < 1.29 is 22.7 Å². The average Bonchev–Trinajstić information content (AvgIpc) is 3.47. The van der Waals surface area contributed by atoms with Crippen molar-refractivity contribution >= 4 is 5.91 Å². The normalized spacial score (nSPS) is 23.3. The van der Waals surface area contributed by atoms with Crippen LogP contribution in [0.3, 0.4) is 0 Å². The largest absolute Gasteiger partial charge is 0.485 e. The highest BCUT2D eigenvalue weighted by molar-refractivity contribution is 5.78. The maximum atomic E-state index is 14.6. The van der Waals surface area contributed by atoms with Gasteiger partial charge in [0, 0.05) is 55.0 Å². The Balaban J connectivity index is 1.17. The van der Waals surface area contributed by atoms with Crippen LogP contribution in [0.25, 0.3) is 0 Å². The quantitative estimate of drug-likeness (QED) is 0.604. The minimum atomic E-state index is -0.829. The highest BCUT2D eigenvalue weighted by Gasteiger charge is 2.42. The predicted octanol–water partition coefficient (Wildman–Crippen LogP) is 3.13. The molecule has 34 heavy (non-hydrogen) atoms. The van der Waals surface area contributed by atoms with Crippen LogP contribution in [0, 0.1) is 23.0 Å². The average molecular weight is 475 g/mol. The van der Waals surface area contributed by atoms with Gasteiger partial charge in [0.05, 0.1) is 6.54 Å². The molecule has 1 aromatic heterocycles. The number of amides is 1. The summed E-state index contributed by atoms with van der Waals surface area (Å²) in [5.41, 5.74) is 0.924. The van der Waals surface area contributed by atoms with Gasteiger partial charge in [0.25, 0.3) is 0 Å². The minimum absolute atomic E-state index is 0.0559. The first-order valence-electron chi connectivity index (χ1n) is 11.9. The topological polar surface area (TPSA) is 66.5 Å². The van der Waals surface area contributed by atoms with E-state index in [-0.39, 0.29) is 42.3 Å². The third-order valence-electron chi connectivity index (χ3n) is 7.46. The lowest BCUT2D eigenvalue weighted by Crippen LogP contribution is -2.47. The molecule has 3 aliphatic rings. The molecule has 3 heterocycles. The Morgan fingerprint density at radius 2 is 2.06 bits per heavy atom. The second-order valence-electron chi connectivity index (χ2n) is 9.69. The molecule has 2 atom stereocenters. The monoisotopic (exact) mass is 474 g/mol. The zero-order chi connectivity index (χ0) is 23.7. The van der Waals surface area contributed by atoms with Gasteiger partial charge in [-0.05, 0) is 55.8 Å². The van der Waals surface area contributed by atoms with Crippen LogP contribution in [0.4, 0.5) is 13.2 Å². The zero-order valence-electron chi connectivity index (χ0n) is 19.0. The summed E-state index contributed by atoms with van der Waals surface area (Å²) in [6, 6.07) is 5.01. The van der Waals surface area contributed by atoms with Gasteiger partial charge < -0.3 is 20.3 Å². The number of rotatable bonds is 7. The lowest BCUT2D eigenvalue weighted by molar-refractivity contribution is -0.132. The summed E-state index contributed by atoms with van der Waals surface area (Å²) in [5, 5.41) is 6.67. The van der Waals surface area contributed by atoms with Gasteiger partial charge in [-0.3, -0.25) is 4.79 Å². The third kappa shape index (κ3) is 4.90. The summed E-state index contributed by atoms with van der Waals surface area (Å²) in [6.07, 6.45) is 5.19. The van der Waals surface area contributed by atoms with E-state index < -0.39 is 17.6 Å². The van der Waals surface area contributed by atoms with E-state index in [9.17, 15) is 18.0 Å². The van der Waals surface area contributed by atoms with E-state index in [1.54, 1.807) is 6.07 Å². The van der Waals surface area contributed by atoms with Crippen molar-refractivity contribution in [3.8, 4) is 5.75 Å². The maximum Gasteiger partial charge on any atom is 0.236 e. The molecule has 1 aliphatic carbocycles. The Morgan fingerprint density at radius 1 is 1.24 bits per heavy atom. The second kappa shape index (κ2) is 9.54. The number of carbonyl (C=O) groups is 1. The molecule has 5 rings (SSSR count). The van der Waals surface area contributed by atoms with Crippen LogP contribution in [0.15, 0.2) is 30.5 Å². The fraction of sp³-hybridized carbons (Fsp3) is 0.520. The number of pyridine rings is 1. The fourth-order valence-corrected chi connectivity index (χ4v) is 5.23. The van der Waals surface area contributed by atoms with Crippen LogP contribution in [-0.4, -0.2) is 54.6 Å². The number of likely N-dealkylation sites (tertiary alicyclic amines) is 1. The van der Waals surface area contributed by atoms with Crippen LogP contribution >= 0.6 is 0 Å². The number of ether oxygens (including phenoxy) is 1. The van der Waals surface area contributed by atoms with Crippen molar-refractivity contribution in [2.75, 3.05) is 32.7 Å². The summed E-state index contributed by atoms with van der Waals surface area (Å²) >= 11 is 0. The van der Waals surface area contributed by atoms with Crippen LogP contribution in [0.2, 0.25) is 0 Å². The van der Waals surface area contributed by atoms with E-state index in [2.05, 4.69) is 15.6 Å². The van der Waals surface area contributed by atoms with Gasteiger partial charge in [-0.2, -0.15) is 4.39 Å². The Labute approximate surface area is 196 Å². The van der Waals surface area contributed by atoms with Crippen molar-refractivity contribution in [1.82, 2.24) is 20.5 Å². The molecule has 2 unspecified atom stereocenters. The molecule has 1 spiro atoms. The van der Waals surface area contributed by atoms with Gasteiger partial charge in [0.15, 0.2) is 11.6 Å². The number of hydrogen-bond donors (Lipinski definition) is 2. The highest BCUT2D eigenvalue weighted by atomic mass is 19.1. The Kier molecular flexibility index (Phi) is 6.48. The lowest BCUT2D eigenvalue weighted by Gasteiger charge is -2.39. The predicted molar refractivity (Wildman–Crippen MR) is 120 cm³/mol. The standard InChI is InChI=1S/C25H29F3N4O2/c26-17-10-19(23(20(27)11-17)34-14-16-2-1-6-30-24(16)28)18-12-21(18)31-13-22(33)32-8-4-25(5-9-32)3-7-29-15-25/h1-2,6,10-11,18,21,29,31H,3-5,7-9,12-15H2. The smallest absolute Gasteiger partial charge is 0.236 e. The van der Waals surface area contributed by atoms with Gasteiger partial charge in [-0.15, -0.1) is 0 Å². The molecule has 1 amide bonds. The Morgan fingerprint density at radius 3 is 2.79 bits per heavy atom. The zero-order valence-corrected chi connectivity index (χ0v) is 19.0. The van der Waals surface area contributed by atoms with Crippen molar-refractivity contribution in [1.29, 1.82) is 0 Å². The first-order chi connectivity index (χ1) is 16.4. The van der Waals surface area contributed by atoms with E-state index in [0.29, 0.717) is 17.4 Å². The number of halogens is 3. The van der Waals surface area contributed by atoms with E-state index in [1.165, 1.54) is 24.8 Å². The molecule has 1 aromatic carbocycles. The number of nitrogens with zero attached hydrogens (tertiary/aromatic N) is 2. The van der Waals surface area contributed by atoms with E-state index in [0.717, 1.165) is 45.1 Å². The number of carbonyl (C=O) groups excluding carboxylic acids is 1. The molecule has 2 N–H and O–H groups in total. The molecule has 2 aromatic rings. The van der Waals surface area contributed by atoms with Crippen molar-refractivity contribution in [3.63, 3.8) is 0 Å². The third-order valence-corrected chi connectivity index (χ3v) is 7.46. The van der Waals surface area contributed by atoms with Gasteiger partial charge in [0.1, 0.15) is 12.4 Å². The SMILES string of the molecule is O=C(CNC1CC1c1cc(F)cc(F)c1OCc1cccnc1F)N1CCC2(CCNC2)CC1. The summed E-state index contributed by atoms with van der Waals surface area (Å²) in [7, 11) is 0. The molecule has 9 heteroatoms. The van der Waals surface area contributed by atoms with Crippen LogP contribution in [-0.2, 0) is 11.4 Å². The van der Waals surface area contributed by atoms with Gasteiger partial charge in [-0.1, -0.05) is 0 Å². The Bertz CT molecular complexity index is 1050. The molecule has 2 saturated heterocycles. The number of benzene rings is 1. The molecule has 1 saturated carbocycles. The number of hydrogen-bond acceptors (Lipinski definition) is 5. The molecule has 3 fully saturated rings. The van der Waals surface area contributed by atoms with E-state index in [1.807, 2.05) is 4.90 Å². The summed E-state index contributed by atoms with van der Waals surface area (Å²) < 4.78 is 47.9. The van der Waals surface area contributed by atoms with E-state index >= 15 is 0 Å². The van der Waals surface area contributed by atoms with Crippen LogP contribution in [0.5, 0.6) is 5.75 Å². The van der Waals surface area contributed by atoms with Crippen LogP contribution < -0.4 is 15.4 Å². The van der Waals surface area contributed by atoms with Crippen molar-refractivity contribution in [2.45, 2.75) is 44.2 Å². The number of nitrogens with one attached hydrogen (secondary N) is 2. The maximum absolute atomic E-state index is 14.6. The molecular weight excluding hydrogens is 445 g/mol. The van der Waals surface area contributed by atoms with Gasteiger partial charge in [0.2, 0.25) is 11.9 Å². The Hall–Kier alpha value is -2.65. The van der Waals surface area contributed by atoms with Gasteiger partial charge >= 0.3 is 0 Å². The lowest BCUT2D eigenvalue weighted by atomic mass is 9.78. The van der Waals surface area contributed by atoms with Gasteiger partial charge in [-0.25, -0.2) is 13.8 Å². The molecule has 2 aliphatic heterocycles. The summed E-state index contributed by atoms with van der Waals surface area (Å²) in [4.78, 5) is 18.2. The first kappa shape index (κ1) is 23.1. The van der Waals surface area contributed by atoms with E-state index in [4.69, 9.17) is 4.74 Å². The van der Waals surface area contributed by atoms with Crippen LogP contribution in [0.1, 0.15) is 42.7 Å². The molecule has 0 bridgehead atoms. The van der Waals surface area contributed by atoms with Crippen molar-refractivity contribution in [3.05, 3.63) is 59.2 Å². The fourth-order valence-electron chi connectivity index (χ4n) is 5.23. The number of piperidine rings is 1. The molecule has 182 valence electrons. The summed E-state index contributed by atoms with van der Waals surface area (Å²) in [6.45, 7) is 3.62. The molecule has 6 nitrogen and oxygen atoms in total. The number of aromatic nitrogens is 1. The molecular formula is C25H29F3N4O2.